The minimum Gasteiger partial charge on any atom is -0.506 e. The zero-order valence-electron chi connectivity index (χ0n) is 9.06. The van der Waals surface area contributed by atoms with E-state index in [2.05, 4.69) is 31.9 Å². The van der Waals surface area contributed by atoms with Crippen molar-refractivity contribution in [3.8, 4) is 5.75 Å². The lowest BCUT2D eigenvalue weighted by Crippen LogP contribution is -2.20. The second-order valence-electron chi connectivity index (χ2n) is 3.75. The van der Waals surface area contributed by atoms with Gasteiger partial charge in [-0.2, -0.15) is 0 Å². The molecule has 0 amide bonds. The Morgan fingerprint density at radius 3 is 2.06 bits per heavy atom. The average Bonchev–Trinajstić information content (AvgIpc) is 2.24. The van der Waals surface area contributed by atoms with E-state index >= 15 is 0 Å². The molecule has 0 unspecified atom stereocenters. The molecule has 98 valence electrons. The van der Waals surface area contributed by atoms with E-state index in [1.54, 1.807) is 12.1 Å². The lowest BCUT2D eigenvalue weighted by molar-refractivity contribution is -0.148. The molecule has 0 spiro atoms. The summed E-state index contributed by atoms with van der Waals surface area (Å²) in [5, 5.41) is 27.1. The van der Waals surface area contributed by atoms with E-state index in [0.717, 1.165) is 0 Å². The second-order valence-corrected chi connectivity index (χ2v) is 5.45. The predicted molar refractivity (Wildman–Crippen MR) is 70.6 cm³/mol. The molecule has 18 heavy (non-hydrogen) atoms. The number of halogens is 2. The highest BCUT2D eigenvalue weighted by Gasteiger charge is 2.22. The summed E-state index contributed by atoms with van der Waals surface area (Å²) in [5.74, 6) is -3.29. The Hall–Kier alpha value is -1.08. The normalized spacial score (nSPS) is 12.1. The van der Waals surface area contributed by atoms with Gasteiger partial charge in [-0.05, 0) is 56.0 Å². The Bertz CT molecular complexity index is 463. The fourth-order valence-electron chi connectivity index (χ4n) is 1.48. The van der Waals surface area contributed by atoms with Crippen molar-refractivity contribution >= 4 is 43.8 Å². The Morgan fingerprint density at radius 2 is 1.67 bits per heavy atom. The number of aromatic hydroxyl groups is 1. The summed E-state index contributed by atoms with van der Waals surface area (Å²) >= 11 is 6.26. The van der Waals surface area contributed by atoms with Crippen LogP contribution in [-0.4, -0.2) is 27.3 Å². The standard InChI is InChI=1S/C11H10Br2O5/c12-7-2-5(3-8(13)10(7)16)1-6(11(17)18)4-9(14)15/h2-3,6,16H,1,4H2,(H,14,15)(H,17,18)/t6-/m1/s1. The molecule has 7 heteroatoms. The third-order valence-electron chi connectivity index (χ3n) is 2.33. The molecule has 3 N–H and O–H groups in total. The van der Waals surface area contributed by atoms with Gasteiger partial charge in [-0.15, -0.1) is 0 Å². The van der Waals surface area contributed by atoms with Crippen molar-refractivity contribution in [1.29, 1.82) is 0 Å². The van der Waals surface area contributed by atoms with E-state index < -0.39 is 24.3 Å². The van der Waals surface area contributed by atoms with Gasteiger partial charge in [0, 0.05) is 0 Å². The van der Waals surface area contributed by atoms with Gasteiger partial charge in [0.1, 0.15) is 5.75 Å². The van der Waals surface area contributed by atoms with Crippen LogP contribution in [-0.2, 0) is 16.0 Å². The van der Waals surface area contributed by atoms with E-state index in [0.29, 0.717) is 14.5 Å². The molecule has 0 fully saturated rings. The first-order valence-electron chi connectivity index (χ1n) is 4.92. The molecule has 0 bridgehead atoms. The number of hydrogen-bond acceptors (Lipinski definition) is 3. The van der Waals surface area contributed by atoms with Gasteiger partial charge in [-0.3, -0.25) is 9.59 Å². The van der Waals surface area contributed by atoms with Crippen LogP contribution in [0.15, 0.2) is 21.1 Å². The molecular formula is C11H10Br2O5. The number of carbonyl (C=O) groups is 2. The smallest absolute Gasteiger partial charge is 0.307 e. The molecule has 1 aromatic carbocycles. The Kier molecular flexibility index (Phi) is 5.15. The van der Waals surface area contributed by atoms with Gasteiger partial charge >= 0.3 is 11.9 Å². The Balaban J connectivity index is 2.94. The monoisotopic (exact) mass is 380 g/mol. The summed E-state index contributed by atoms with van der Waals surface area (Å²) in [4.78, 5) is 21.5. The minimum atomic E-state index is -1.15. The van der Waals surface area contributed by atoms with Crippen molar-refractivity contribution in [3.63, 3.8) is 0 Å². The van der Waals surface area contributed by atoms with Crippen LogP contribution in [0.25, 0.3) is 0 Å². The number of aliphatic carboxylic acids is 2. The minimum absolute atomic E-state index is 0.0175. The van der Waals surface area contributed by atoms with Crippen molar-refractivity contribution in [3.05, 3.63) is 26.6 Å². The van der Waals surface area contributed by atoms with Gasteiger partial charge in [0.05, 0.1) is 21.3 Å². The maximum atomic E-state index is 10.9. The van der Waals surface area contributed by atoms with E-state index in [-0.39, 0.29) is 12.2 Å². The Morgan fingerprint density at radius 1 is 1.17 bits per heavy atom. The van der Waals surface area contributed by atoms with E-state index in [4.69, 9.17) is 10.2 Å². The maximum Gasteiger partial charge on any atom is 0.307 e. The van der Waals surface area contributed by atoms with Crippen molar-refractivity contribution < 1.29 is 24.9 Å². The number of phenolic OH excluding ortho intramolecular Hbond substituents is 1. The van der Waals surface area contributed by atoms with Crippen molar-refractivity contribution in [1.82, 2.24) is 0 Å². The summed E-state index contributed by atoms with van der Waals surface area (Å²) in [6.07, 6.45) is -0.357. The van der Waals surface area contributed by atoms with Crippen molar-refractivity contribution in [2.24, 2.45) is 5.92 Å². The number of phenols is 1. The Labute approximate surface area is 120 Å². The van der Waals surface area contributed by atoms with Crippen LogP contribution < -0.4 is 0 Å². The number of benzene rings is 1. The SMILES string of the molecule is O=C(O)C[C@@H](Cc1cc(Br)c(O)c(Br)c1)C(=O)O. The van der Waals surface area contributed by atoms with Crippen LogP contribution in [0, 0.1) is 5.92 Å². The van der Waals surface area contributed by atoms with Crippen LogP contribution in [0.1, 0.15) is 12.0 Å². The molecule has 0 saturated carbocycles. The lowest BCUT2D eigenvalue weighted by atomic mass is 9.96. The molecular weight excluding hydrogens is 372 g/mol. The fourth-order valence-corrected chi connectivity index (χ4v) is 2.76. The number of hydrogen-bond donors (Lipinski definition) is 3. The summed E-state index contributed by atoms with van der Waals surface area (Å²) < 4.78 is 0.845. The topological polar surface area (TPSA) is 94.8 Å². The average molecular weight is 382 g/mol. The second kappa shape index (κ2) is 6.19. The van der Waals surface area contributed by atoms with Gasteiger partial charge in [0.15, 0.2) is 0 Å². The summed E-state index contributed by atoms with van der Waals surface area (Å²) in [6, 6.07) is 3.13. The van der Waals surface area contributed by atoms with Crippen molar-refractivity contribution in [2.75, 3.05) is 0 Å². The highest BCUT2D eigenvalue weighted by atomic mass is 79.9. The molecule has 0 aliphatic rings. The molecule has 1 aromatic rings. The molecule has 1 atom stereocenters. The summed E-state index contributed by atoms with van der Waals surface area (Å²) in [6.45, 7) is 0. The zero-order valence-corrected chi connectivity index (χ0v) is 12.2. The molecule has 0 radical (unpaired) electrons. The van der Waals surface area contributed by atoms with Gasteiger partial charge < -0.3 is 15.3 Å². The predicted octanol–water partition coefficient (Wildman–Crippen LogP) is 2.64. The molecule has 0 aliphatic carbocycles. The fraction of sp³-hybridized carbons (Fsp3) is 0.273. The van der Waals surface area contributed by atoms with E-state index in [1.807, 2.05) is 0 Å². The van der Waals surface area contributed by atoms with Gasteiger partial charge in [0.2, 0.25) is 0 Å². The number of carboxylic acids is 2. The largest absolute Gasteiger partial charge is 0.506 e. The summed E-state index contributed by atoms with van der Waals surface area (Å²) in [7, 11) is 0. The quantitative estimate of drug-likeness (QED) is 0.728. The van der Waals surface area contributed by atoms with Gasteiger partial charge in [0.25, 0.3) is 0 Å². The molecule has 1 rings (SSSR count). The van der Waals surface area contributed by atoms with Gasteiger partial charge in [-0.25, -0.2) is 0 Å². The third-order valence-corrected chi connectivity index (χ3v) is 3.54. The number of carboxylic acid groups (broad SMARTS) is 2. The first kappa shape index (κ1) is 15.0. The van der Waals surface area contributed by atoms with Crippen LogP contribution in [0.2, 0.25) is 0 Å². The summed E-state index contributed by atoms with van der Waals surface area (Å²) in [5.41, 5.74) is 0.625. The molecule has 0 saturated heterocycles. The molecule has 0 aromatic heterocycles. The van der Waals surface area contributed by atoms with Crippen LogP contribution >= 0.6 is 31.9 Å². The highest BCUT2D eigenvalue weighted by Crippen LogP contribution is 2.34. The van der Waals surface area contributed by atoms with Crippen molar-refractivity contribution in [2.45, 2.75) is 12.8 Å². The van der Waals surface area contributed by atoms with E-state index in [9.17, 15) is 14.7 Å². The van der Waals surface area contributed by atoms with Crippen LogP contribution in [0.5, 0.6) is 5.75 Å². The molecule has 0 heterocycles. The first-order chi connectivity index (χ1) is 8.31. The van der Waals surface area contributed by atoms with Crippen LogP contribution in [0.3, 0.4) is 0 Å². The zero-order chi connectivity index (χ0) is 13.9. The molecule has 5 nitrogen and oxygen atoms in total. The van der Waals surface area contributed by atoms with Gasteiger partial charge in [-0.1, -0.05) is 0 Å². The highest BCUT2D eigenvalue weighted by molar-refractivity contribution is 9.11. The lowest BCUT2D eigenvalue weighted by Gasteiger charge is -2.11. The number of rotatable bonds is 5. The molecule has 0 aliphatic heterocycles. The third kappa shape index (κ3) is 3.99. The first-order valence-corrected chi connectivity index (χ1v) is 6.51. The van der Waals surface area contributed by atoms with E-state index in [1.165, 1.54) is 0 Å². The maximum absolute atomic E-state index is 10.9. The van der Waals surface area contributed by atoms with Crippen LogP contribution in [0.4, 0.5) is 0 Å².